The minimum atomic E-state index is -0.0145. The maximum atomic E-state index is 12.5. The zero-order chi connectivity index (χ0) is 14.2. The number of hydrogen-bond donors (Lipinski definition) is 0. The summed E-state index contributed by atoms with van der Waals surface area (Å²) < 4.78 is 15.3. The Morgan fingerprint density at radius 3 is 3.05 bits per heavy atom. The molecule has 1 aromatic carbocycles. The summed E-state index contributed by atoms with van der Waals surface area (Å²) >= 11 is 0. The summed E-state index contributed by atoms with van der Waals surface area (Å²) in [5, 5.41) is 3.85. The molecule has 0 N–H and O–H groups in total. The second-order valence-corrected chi connectivity index (χ2v) is 5.09. The largest absolute Gasteiger partial charge is 0.454 e. The summed E-state index contributed by atoms with van der Waals surface area (Å²) in [6, 6.07) is 5.26. The van der Waals surface area contributed by atoms with E-state index < -0.39 is 0 Å². The van der Waals surface area contributed by atoms with Crippen molar-refractivity contribution in [2.24, 2.45) is 0 Å². The molecule has 108 valence electrons. The highest BCUT2D eigenvalue weighted by atomic mass is 16.7. The zero-order valence-electron chi connectivity index (χ0n) is 11.2. The Morgan fingerprint density at radius 2 is 2.19 bits per heavy atom. The van der Waals surface area contributed by atoms with Crippen molar-refractivity contribution in [1.82, 2.24) is 15.0 Å². The second-order valence-electron chi connectivity index (χ2n) is 5.09. The lowest BCUT2D eigenvalue weighted by Crippen LogP contribution is -2.28. The average Bonchev–Trinajstić information content (AvgIpc) is 3.24. The number of carbonyl (C=O) groups is 1. The Bertz CT molecular complexity index is 671. The molecule has 3 heterocycles. The van der Waals surface area contributed by atoms with Crippen LogP contribution in [0.2, 0.25) is 0 Å². The number of hydrogen-bond acceptors (Lipinski definition) is 6. The number of benzene rings is 1. The Balaban J connectivity index is 1.51. The van der Waals surface area contributed by atoms with Crippen LogP contribution in [0.25, 0.3) is 0 Å². The van der Waals surface area contributed by atoms with Gasteiger partial charge in [-0.05, 0) is 24.6 Å². The molecule has 0 radical (unpaired) electrons. The van der Waals surface area contributed by atoms with Gasteiger partial charge in [-0.3, -0.25) is 4.79 Å². The summed E-state index contributed by atoms with van der Waals surface area (Å²) in [5.74, 6) is 2.09. The SMILES string of the molecule is O=C(c1ccc2c(c1)OCO2)N1CC[C@H](c2ncon2)C1. The van der Waals surface area contributed by atoms with Gasteiger partial charge < -0.3 is 18.9 Å². The molecular formula is C14H13N3O4. The number of likely N-dealkylation sites (tertiary alicyclic amines) is 1. The first-order valence-corrected chi connectivity index (χ1v) is 6.76. The van der Waals surface area contributed by atoms with Gasteiger partial charge in [-0.1, -0.05) is 5.16 Å². The highest BCUT2D eigenvalue weighted by Crippen LogP contribution is 2.33. The number of nitrogens with zero attached hydrogens (tertiary/aromatic N) is 3. The molecule has 0 spiro atoms. The Labute approximate surface area is 120 Å². The van der Waals surface area contributed by atoms with Gasteiger partial charge in [0.05, 0.1) is 0 Å². The molecule has 1 fully saturated rings. The summed E-state index contributed by atoms with van der Waals surface area (Å²) in [4.78, 5) is 18.4. The van der Waals surface area contributed by atoms with Crippen LogP contribution in [-0.2, 0) is 0 Å². The Hall–Kier alpha value is -2.57. The average molecular weight is 287 g/mol. The number of rotatable bonds is 2. The van der Waals surface area contributed by atoms with Crippen LogP contribution in [0.15, 0.2) is 29.1 Å². The monoisotopic (exact) mass is 287 g/mol. The summed E-state index contributed by atoms with van der Waals surface area (Å²) in [5.41, 5.74) is 0.605. The molecule has 0 aliphatic carbocycles. The highest BCUT2D eigenvalue weighted by molar-refractivity contribution is 5.95. The van der Waals surface area contributed by atoms with Gasteiger partial charge in [0.15, 0.2) is 17.3 Å². The van der Waals surface area contributed by atoms with E-state index in [2.05, 4.69) is 10.1 Å². The lowest BCUT2D eigenvalue weighted by atomic mass is 10.1. The topological polar surface area (TPSA) is 77.7 Å². The van der Waals surface area contributed by atoms with Crippen molar-refractivity contribution in [2.75, 3.05) is 19.9 Å². The molecule has 1 atom stereocenters. The summed E-state index contributed by atoms with van der Waals surface area (Å²) in [6.45, 7) is 1.50. The quantitative estimate of drug-likeness (QED) is 0.831. The summed E-state index contributed by atoms with van der Waals surface area (Å²) in [6.07, 6.45) is 2.16. The zero-order valence-corrected chi connectivity index (χ0v) is 11.2. The van der Waals surface area contributed by atoms with Crippen LogP contribution in [0.4, 0.5) is 0 Å². The molecule has 1 amide bonds. The van der Waals surface area contributed by atoms with Gasteiger partial charge in [0.25, 0.3) is 5.91 Å². The maximum Gasteiger partial charge on any atom is 0.254 e. The molecule has 0 saturated carbocycles. The van der Waals surface area contributed by atoms with Crippen LogP contribution in [0, 0.1) is 0 Å². The van der Waals surface area contributed by atoms with Gasteiger partial charge >= 0.3 is 0 Å². The molecule has 0 unspecified atom stereocenters. The van der Waals surface area contributed by atoms with Crippen molar-refractivity contribution in [2.45, 2.75) is 12.3 Å². The van der Waals surface area contributed by atoms with Crippen molar-refractivity contribution < 1.29 is 18.8 Å². The van der Waals surface area contributed by atoms with Crippen LogP contribution < -0.4 is 9.47 Å². The fourth-order valence-electron chi connectivity index (χ4n) is 2.73. The van der Waals surface area contributed by atoms with Gasteiger partial charge in [-0.25, -0.2) is 0 Å². The Morgan fingerprint density at radius 1 is 1.29 bits per heavy atom. The molecule has 7 nitrogen and oxygen atoms in total. The predicted octanol–water partition coefficient (Wildman–Crippen LogP) is 1.43. The molecule has 0 bridgehead atoms. The lowest BCUT2D eigenvalue weighted by Gasteiger charge is -2.16. The minimum absolute atomic E-state index is 0.0145. The van der Waals surface area contributed by atoms with Crippen LogP contribution >= 0.6 is 0 Å². The standard InChI is InChI=1S/C14H13N3O4/c18-14(9-1-2-11-12(5-9)20-8-19-11)17-4-3-10(6-17)13-15-7-21-16-13/h1-2,5,7,10H,3-4,6,8H2/t10-/m0/s1. The maximum absolute atomic E-state index is 12.5. The van der Waals surface area contributed by atoms with E-state index in [1.807, 2.05) is 0 Å². The molecule has 2 aliphatic heterocycles. The smallest absolute Gasteiger partial charge is 0.254 e. The number of amides is 1. The van der Waals surface area contributed by atoms with Crippen LogP contribution in [0.5, 0.6) is 11.5 Å². The first-order chi connectivity index (χ1) is 10.3. The first-order valence-electron chi connectivity index (χ1n) is 6.76. The summed E-state index contributed by atoms with van der Waals surface area (Å²) in [7, 11) is 0. The van der Waals surface area contributed by atoms with Gasteiger partial charge in [0.1, 0.15) is 0 Å². The van der Waals surface area contributed by atoms with Gasteiger partial charge in [-0.2, -0.15) is 4.98 Å². The van der Waals surface area contributed by atoms with E-state index in [9.17, 15) is 4.79 Å². The van der Waals surface area contributed by atoms with Crippen molar-refractivity contribution >= 4 is 5.91 Å². The predicted molar refractivity (Wildman–Crippen MR) is 70.1 cm³/mol. The molecule has 4 rings (SSSR count). The first kappa shape index (κ1) is 12.2. The van der Waals surface area contributed by atoms with E-state index in [4.69, 9.17) is 14.0 Å². The van der Waals surface area contributed by atoms with Crippen molar-refractivity contribution in [3.05, 3.63) is 36.0 Å². The number of carbonyl (C=O) groups excluding carboxylic acids is 1. The van der Waals surface area contributed by atoms with E-state index in [0.29, 0.717) is 36.0 Å². The fraction of sp³-hybridized carbons (Fsp3) is 0.357. The molecule has 7 heteroatoms. The normalized spacial score (nSPS) is 20.0. The van der Waals surface area contributed by atoms with E-state index in [1.165, 1.54) is 6.39 Å². The molecule has 21 heavy (non-hydrogen) atoms. The van der Waals surface area contributed by atoms with Crippen LogP contribution in [-0.4, -0.2) is 40.8 Å². The number of aromatic nitrogens is 2. The number of fused-ring (bicyclic) bond motifs is 1. The molecular weight excluding hydrogens is 274 g/mol. The van der Waals surface area contributed by atoms with E-state index in [1.54, 1.807) is 23.1 Å². The molecule has 1 aromatic heterocycles. The van der Waals surface area contributed by atoms with Gasteiger partial charge in [0.2, 0.25) is 13.2 Å². The third kappa shape index (κ3) is 2.10. The third-order valence-corrected chi connectivity index (χ3v) is 3.84. The fourth-order valence-corrected chi connectivity index (χ4v) is 2.73. The molecule has 2 aliphatic rings. The van der Waals surface area contributed by atoms with E-state index in [-0.39, 0.29) is 18.6 Å². The molecule has 2 aromatic rings. The van der Waals surface area contributed by atoms with Crippen molar-refractivity contribution in [1.29, 1.82) is 0 Å². The third-order valence-electron chi connectivity index (χ3n) is 3.84. The van der Waals surface area contributed by atoms with Crippen LogP contribution in [0.3, 0.4) is 0 Å². The van der Waals surface area contributed by atoms with Crippen LogP contribution in [0.1, 0.15) is 28.5 Å². The minimum Gasteiger partial charge on any atom is -0.454 e. The highest BCUT2D eigenvalue weighted by Gasteiger charge is 2.31. The van der Waals surface area contributed by atoms with Gasteiger partial charge in [0, 0.05) is 24.6 Å². The molecule has 1 saturated heterocycles. The lowest BCUT2D eigenvalue weighted by molar-refractivity contribution is 0.0790. The van der Waals surface area contributed by atoms with Crippen molar-refractivity contribution in [3.8, 4) is 11.5 Å². The second kappa shape index (κ2) is 4.76. The van der Waals surface area contributed by atoms with Gasteiger partial charge in [-0.15, -0.1) is 0 Å². The Kier molecular flexibility index (Phi) is 2.77. The number of ether oxygens (including phenoxy) is 2. The van der Waals surface area contributed by atoms with E-state index >= 15 is 0 Å². The van der Waals surface area contributed by atoms with E-state index in [0.717, 1.165) is 6.42 Å². The van der Waals surface area contributed by atoms with Crippen molar-refractivity contribution in [3.63, 3.8) is 0 Å².